The first-order valence-corrected chi connectivity index (χ1v) is 12.1. The second-order valence-electron chi connectivity index (χ2n) is 8.85. The van der Waals surface area contributed by atoms with Gasteiger partial charge in [0, 0.05) is 6.61 Å². The topological polar surface area (TPSA) is 179 Å². The average molecular weight is 483 g/mol. The number of rotatable bonds is 14. The molecule has 2 aliphatic rings. The standard InChI is InChI=1S/C22H42O11/c1-2-3-4-5-6-7-8-9-10-30-21-19(29)17(27)20(14(12-24)32-21)33-22-18(28)16(26)15(25)13(11-23)31-22/h13-29H,2-12H2,1H3/t13-,14+,15-,16+,17+,18-,19+,20+,21-,22+/m0/s1. The molecule has 2 rings (SSSR count). The Morgan fingerprint density at radius 2 is 1.15 bits per heavy atom. The zero-order chi connectivity index (χ0) is 24.4. The van der Waals surface area contributed by atoms with E-state index >= 15 is 0 Å². The summed E-state index contributed by atoms with van der Waals surface area (Å²) in [5.74, 6) is 0. The Hall–Kier alpha value is -0.440. The van der Waals surface area contributed by atoms with Crippen molar-refractivity contribution in [3.63, 3.8) is 0 Å². The summed E-state index contributed by atoms with van der Waals surface area (Å²) in [7, 11) is 0. The highest BCUT2D eigenvalue weighted by Crippen LogP contribution is 2.29. The van der Waals surface area contributed by atoms with Crippen LogP contribution in [-0.4, -0.2) is 117 Å². The lowest BCUT2D eigenvalue weighted by atomic mass is 9.97. The Morgan fingerprint density at radius 3 is 1.76 bits per heavy atom. The van der Waals surface area contributed by atoms with Crippen LogP contribution in [0.4, 0.5) is 0 Å². The molecule has 2 aliphatic heterocycles. The molecule has 196 valence electrons. The molecule has 0 saturated carbocycles. The van der Waals surface area contributed by atoms with Gasteiger partial charge in [-0.25, -0.2) is 0 Å². The van der Waals surface area contributed by atoms with Crippen molar-refractivity contribution in [1.82, 2.24) is 0 Å². The molecule has 33 heavy (non-hydrogen) atoms. The van der Waals surface area contributed by atoms with Gasteiger partial charge in [-0.15, -0.1) is 0 Å². The molecule has 2 saturated heterocycles. The molecule has 0 aromatic heterocycles. The maximum absolute atomic E-state index is 10.6. The number of unbranched alkanes of at least 4 members (excludes halogenated alkanes) is 7. The average Bonchev–Trinajstić information content (AvgIpc) is 2.82. The molecular weight excluding hydrogens is 440 g/mol. The molecule has 10 atom stereocenters. The van der Waals surface area contributed by atoms with E-state index in [1.807, 2.05) is 0 Å². The van der Waals surface area contributed by atoms with Crippen molar-refractivity contribution in [2.45, 2.75) is 120 Å². The van der Waals surface area contributed by atoms with Crippen LogP contribution in [0.5, 0.6) is 0 Å². The predicted octanol–water partition coefficient (Wildman–Crippen LogP) is -1.23. The molecule has 0 radical (unpaired) electrons. The molecule has 0 aromatic carbocycles. The van der Waals surface area contributed by atoms with Crippen LogP contribution in [0.25, 0.3) is 0 Å². The van der Waals surface area contributed by atoms with Gasteiger partial charge in [0.05, 0.1) is 13.2 Å². The Bertz CT molecular complexity index is 521. The smallest absolute Gasteiger partial charge is 0.187 e. The van der Waals surface area contributed by atoms with Crippen molar-refractivity contribution < 1.29 is 54.7 Å². The van der Waals surface area contributed by atoms with Gasteiger partial charge >= 0.3 is 0 Å². The number of hydrogen-bond donors (Lipinski definition) is 7. The van der Waals surface area contributed by atoms with Gasteiger partial charge < -0.3 is 54.7 Å². The summed E-state index contributed by atoms with van der Waals surface area (Å²) < 4.78 is 22.0. The third kappa shape index (κ3) is 8.04. The number of aliphatic hydroxyl groups is 7. The first-order chi connectivity index (χ1) is 15.8. The van der Waals surface area contributed by atoms with E-state index in [1.54, 1.807) is 0 Å². The van der Waals surface area contributed by atoms with E-state index in [9.17, 15) is 35.7 Å². The Morgan fingerprint density at radius 1 is 0.606 bits per heavy atom. The van der Waals surface area contributed by atoms with Crippen molar-refractivity contribution in [1.29, 1.82) is 0 Å². The van der Waals surface area contributed by atoms with Crippen molar-refractivity contribution in [2.24, 2.45) is 0 Å². The molecular formula is C22H42O11. The second kappa shape index (κ2) is 14.8. The van der Waals surface area contributed by atoms with Gasteiger partial charge in [0.25, 0.3) is 0 Å². The lowest BCUT2D eigenvalue weighted by Gasteiger charge is -2.45. The van der Waals surface area contributed by atoms with E-state index in [0.717, 1.165) is 19.3 Å². The lowest BCUT2D eigenvalue weighted by molar-refractivity contribution is -0.359. The molecule has 0 unspecified atom stereocenters. The van der Waals surface area contributed by atoms with Gasteiger partial charge in [-0.05, 0) is 6.42 Å². The molecule has 2 heterocycles. The first-order valence-electron chi connectivity index (χ1n) is 12.1. The van der Waals surface area contributed by atoms with Crippen LogP contribution in [0, 0.1) is 0 Å². The summed E-state index contributed by atoms with van der Waals surface area (Å²) in [5, 5.41) is 69.9. The van der Waals surface area contributed by atoms with E-state index in [2.05, 4.69) is 6.92 Å². The van der Waals surface area contributed by atoms with E-state index in [4.69, 9.17) is 18.9 Å². The minimum absolute atomic E-state index is 0.319. The van der Waals surface area contributed by atoms with Crippen LogP contribution in [0.1, 0.15) is 58.3 Å². The van der Waals surface area contributed by atoms with Crippen molar-refractivity contribution in [3.05, 3.63) is 0 Å². The molecule has 0 spiro atoms. The summed E-state index contributed by atoms with van der Waals surface area (Å²) in [6, 6.07) is 0. The van der Waals surface area contributed by atoms with E-state index in [-0.39, 0.29) is 0 Å². The van der Waals surface area contributed by atoms with Crippen molar-refractivity contribution in [3.8, 4) is 0 Å². The van der Waals surface area contributed by atoms with Crippen molar-refractivity contribution >= 4 is 0 Å². The Balaban J connectivity index is 1.82. The SMILES string of the molecule is CCCCCCCCCCO[C@H]1O[C@H](CO)[C@@H](O[C@H]2O[C@@H](CO)[C@H](O)[C@@H](O)[C@@H]2O)[C@H](O)[C@H]1O. The first kappa shape index (κ1) is 28.8. The summed E-state index contributed by atoms with van der Waals surface area (Å²) in [6.07, 6.45) is -5.35. The summed E-state index contributed by atoms with van der Waals surface area (Å²) >= 11 is 0. The van der Waals surface area contributed by atoms with Gasteiger partial charge in [-0.3, -0.25) is 0 Å². The zero-order valence-corrected chi connectivity index (χ0v) is 19.3. The third-order valence-corrected chi connectivity index (χ3v) is 6.24. The van der Waals surface area contributed by atoms with Crippen LogP contribution in [0.2, 0.25) is 0 Å². The zero-order valence-electron chi connectivity index (χ0n) is 19.3. The maximum atomic E-state index is 10.6. The van der Waals surface area contributed by atoms with Gasteiger partial charge in [0.15, 0.2) is 12.6 Å². The summed E-state index contributed by atoms with van der Waals surface area (Å²) in [4.78, 5) is 0. The minimum Gasteiger partial charge on any atom is -0.394 e. The highest BCUT2D eigenvalue weighted by atomic mass is 16.7. The highest BCUT2D eigenvalue weighted by Gasteiger charge is 2.50. The van der Waals surface area contributed by atoms with Gasteiger partial charge in [0.1, 0.15) is 48.8 Å². The van der Waals surface area contributed by atoms with Crippen LogP contribution in [0.3, 0.4) is 0 Å². The Kier molecular flexibility index (Phi) is 13.0. The van der Waals surface area contributed by atoms with Crippen LogP contribution in [0.15, 0.2) is 0 Å². The molecule has 2 fully saturated rings. The fourth-order valence-electron chi connectivity index (χ4n) is 4.13. The fourth-order valence-corrected chi connectivity index (χ4v) is 4.13. The van der Waals surface area contributed by atoms with Crippen LogP contribution < -0.4 is 0 Å². The molecule has 0 amide bonds. The van der Waals surface area contributed by atoms with E-state index in [1.165, 1.54) is 32.1 Å². The number of hydrogen-bond acceptors (Lipinski definition) is 11. The van der Waals surface area contributed by atoms with Gasteiger partial charge in [-0.1, -0.05) is 51.9 Å². The normalized spacial score (nSPS) is 39.6. The molecule has 11 nitrogen and oxygen atoms in total. The van der Waals surface area contributed by atoms with Crippen molar-refractivity contribution in [2.75, 3.05) is 19.8 Å². The highest BCUT2D eigenvalue weighted by molar-refractivity contribution is 4.94. The Labute approximate surface area is 194 Å². The molecule has 11 heteroatoms. The molecule has 0 aliphatic carbocycles. The summed E-state index contributed by atoms with van der Waals surface area (Å²) in [6.45, 7) is 1.28. The fraction of sp³-hybridized carbons (Fsp3) is 1.00. The molecule has 7 N–H and O–H groups in total. The van der Waals surface area contributed by atoms with Gasteiger partial charge in [0.2, 0.25) is 0 Å². The lowest BCUT2D eigenvalue weighted by Crippen LogP contribution is -2.64. The number of aliphatic hydroxyl groups excluding tert-OH is 7. The predicted molar refractivity (Wildman–Crippen MR) is 115 cm³/mol. The van der Waals surface area contributed by atoms with E-state index < -0.39 is 74.6 Å². The largest absolute Gasteiger partial charge is 0.394 e. The maximum Gasteiger partial charge on any atom is 0.187 e. The van der Waals surface area contributed by atoms with Gasteiger partial charge in [-0.2, -0.15) is 0 Å². The quantitative estimate of drug-likeness (QED) is 0.147. The third-order valence-electron chi connectivity index (χ3n) is 6.24. The number of ether oxygens (including phenoxy) is 4. The molecule has 0 aromatic rings. The monoisotopic (exact) mass is 482 g/mol. The second-order valence-corrected chi connectivity index (χ2v) is 8.85. The molecule has 0 bridgehead atoms. The van der Waals surface area contributed by atoms with E-state index in [0.29, 0.717) is 6.61 Å². The van der Waals surface area contributed by atoms with Crippen LogP contribution in [-0.2, 0) is 18.9 Å². The summed E-state index contributed by atoms with van der Waals surface area (Å²) in [5.41, 5.74) is 0. The minimum atomic E-state index is -1.69. The van der Waals surface area contributed by atoms with Crippen LogP contribution >= 0.6 is 0 Å².